The van der Waals surface area contributed by atoms with E-state index in [4.69, 9.17) is 10.8 Å². The van der Waals surface area contributed by atoms with E-state index >= 15 is 0 Å². The summed E-state index contributed by atoms with van der Waals surface area (Å²) in [5.41, 5.74) is 6.41. The van der Waals surface area contributed by atoms with Crippen LogP contribution in [0.5, 0.6) is 0 Å². The summed E-state index contributed by atoms with van der Waals surface area (Å²) in [6.07, 6.45) is 3.42. The molecule has 1 rings (SSSR count). The van der Waals surface area contributed by atoms with Crippen LogP contribution in [-0.4, -0.2) is 74.6 Å². The van der Waals surface area contributed by atoms with E-state index in [9.17, 15) is 24.3 Å². The number of imidazole rings is 1. The minimum atomic E-state index is -1.53. The van der Waals surface area contributed by atoms with Gasteiger partial charge in [-0.3, -0.25) is 14.4 Å². The number of aromatic nitrogens is 2. The second-order valence-electron chi connectivity index (χ2n) is 8.07. The molecule has 0 fully saturated rings. The van der Waals surface area contributed by atoms with Crippen LogP contribution in [0, 0.1) is 11.8 Å². The quantitative estimate of drug-likeness (QED) is 0.187. The number of amides is 3. The normalized spacial score (nSPS) is 15.8. The molecule has 3 amide bonds. The summed E-state index contributed by atoms with van der Waals surface area (Å²) in [7, 11) is 0. The van der Waals surface area contributed by atoms with Crippen molar-refractivity contribution in [2.75, 3.05) is 6.61 Å². The molecule has 0 bridgehead atoms. The highest BCUT2D eigenvalue weighted by molar-refractivity contribution is 5.94. The lowest BCUT2D eigenvalue weighted by Gasteiger charge is -2.28. The molecule has 5 unspecified atom stereocenters. The van der Waals surface area contributed by atoms with Crippen LogP contribution in [0.3, 0.4) is 0 Å². The predicted octanol–water partition coefficient (Wildman–Crippen LogP) is -1.49. The van der Waals surface area contributed by atoms with Gasteiger partial charge in [-0.1, -0.05) is 34.1 Å². The van der Waals surface area contributed by atoms with Gasteiger partial charge in [0.05, 0.1) is 19.0 Å². The van der Waals surface area contributed by atoms with Gasteiger partial charge in [-0.05, 0) is 11.8 Å². The van der Waals surface area contributed by atoms with Gasteiger partial charge in [0.25, 0.3) is 0 Å². The zero-order chi connectivity index (χ0) is 24.4. The number of aliphatic hydroxyl groups is 1. The Morgan fingerprint density at radius 3 is 2.16 bits per heavy atom. The van der Waals surface area contributed by atoms with Crippen LogP contribution in [0.4, 0.5) is 0 Å². The number of rotatable bonds is 13. The van der Waals surface area contributed by atoms with Gasteiger partial charge in [-0.25, -0.2) is 9.78 Å². The Labute approximate surface area is 186 Å². The number of carbonyl (C=O) groups is 4. The maximum absolute atomic E-state index is 13.1. The number of carboxylic acid groups (broad SMARTS) is 1. The Morgan fingerprint density at radius 1 is 1.06 bits per heavy atom. The molecule has 1 aromatic heterocycles. The van der Waals surface area contributed by atoms with Crippen LogP contribution < -0.4 is 21.7 Å². The Bertz CT molecular complexity index is 769. The molecule has 0 saturated heterocycles. The van der Waals surface area contributed by atoms with Crippen molar-refractivity contribution in [3.63, 3.8) is 0 Å². The number of nitrogens with one attached hydrogen (secondary N) is 4. The molecule has 0 aromatic carbocycles. The van der Waals surface area contributed by atoms with Crippen molar-refractivity contribution in [3.8, 4) is 0 Å². The SMILES string of the molecule is CCC(C)C(NC(=O)C(N)C(C)C)C(=O)NC(Cc1cnc[nH]1)C(=O)NC(CO)C(=O)O. The molecule has 0 aliphatic heterocycles. The van der Waals surface area contributed by atoms with Gasteiger partial charge in [0.15, 0.2) is 0 Å². The van der Waals surface area contributed by atoms with Crippen LogP contribution in [0.2, 0.25) is 0 Å². The molecule has 0 spiro atoms. The second-order valence-corrected chi connectivity index (χ2v) is 8.07. The number of aliphatic hydroxyl groups excluding tert-OH is 1. The van der Waals surface area contributed by atoms with Gasteiger partial charge in [-0.15, -0.1) is 0 Å². The van der Waals surface area contributed by atoms with Crippen molar-refractivity contribution in [2.24, 2.45) is 17.6 Å². The Balaban J connectivity index is 3.06. The minimum Gasteiger partial charge on any atom is -0.480 e. The third-order valence-electron chi connectivity index (χ3n) is 5.22. The highest BCUT2D eigenvalue weighted by Gasteiger charge is 2.33. The van der Waals surface area contributed by atoms with E-state index in [1.54, 1.807) is 20.8 Å². The standard InChI is InChI=1S/C20H34N6O6/c1-5-11(4)16(26-18(29)15(21)10(2)3)19(30)24-13(6-12-7-22-9-23-12)17(28)25-14(8-27)20(31)32/h7,9-11,13-16,27H,5-6,8,21H2,1-4H3,(H,22,23)(H,24,30)(H,25,28)(H,26,29)(H,31,32). The number of H-pyrrole nitrogens is 1. The third-order valence-corrected chi connectivity index (χ3v) is 5.22. The average molecular weight is 455 g/mol. The Hall–Kier alpha value is -2.99. The molecule has 32 heavy (non-hydrogen) atoms. The topological polar surface area (TPSA) is 200 Å². The molecule has 1 heterocycles. The average Bonchev–Trinajstić information content (AvgIpc) is 3.26. The molecule has 0 radical (unpaired) electrons. The summed E-state index contributed by atoms with van der Waals surface area (Å²) in [5.74, 6) is -3.72. The molecule has 12 heteroatoms. The van der Waals surface area contributed by atoms with Gasteiger partial charge < -0.3 is 36.9 Å². The number of carbonyl (C=O) groups excluding carboxylic acids is 3. The lowest BCUT2D eigenvalue weighted by atomic mass is 9.96. The molecule has 12 nitrogen and oxygen atoms in total. The van der Waals surface area contributed by atoms with Crippen LogP contribution in [0.1, 0.15) is 39.8 Å². The monoisotopic (exact) mass is 454 g/mol. The summed E-state index contributed by atoms with van der Waals surface area (Å²) < 4.78 is 0. The number of nitrogens with two attached hydrogens (primary N) is 1. The Kier molecular flexibility index (Phi) is 10.8. The first kappa shape index (κ1) is 27.0. The second kappa shape index (κ2) is 12.8. The molecule has 8 N–H and O–H groups in total. The number of nitrogens with zero attached hydrogens (tertiary/aromatic N) is 1. The minimum absolute atomic E-state index is 0.0119. The summed E-state index contributed by atoms with van der Waals surface area (Å²) in [4.78, 5) is 56.1. The first-order valence-electron chi connectivity index (χ1n) is 10.5. The Morgan fingerprint density at radius 2 is 1.69 bits per heavy atom. The molecule has 0 aliphatic carbocycles. The lowest BCUT2D eigenvalue weighted by molar-refractivity contribution is -0.143. The number of hydrogen-bond acceptors (Lipinski definition) is 7. The number of aliphatic carboxylic acids is 1. The highest BCUT2D eigenvalue weighted by atomic mass is 16.4. The highest BCUT2D eigenvalue weighted by Crippen LogP contribution is 2.11. The van der Waals surface area contributed by atoms with Gasteiger partial charge >= 0.3 is 5.97 Å². The number of hydrogen-bond donors (Lipinski definition) is 7. The third kappa shape index (κ3) is 7.93. The molecule has 1 aromatic rings. The molecule has 0 aliphatic rings. The zero-order valence-electron chi connectivity index (χ0n) is 18.8. The van der Waals surface area contributed by atoms with Gasteiger partial charge in [0, 0.05) is 18.3 Å². The van der Waals surface area contributed by atoms with E-state index in [-0.39, 0.29) is 18.3 Å². The fourth-order valence-corrected chi connectivity index (χ4v) is 2.80. The molecule has 5 atom stereocenters. The van der Waals surface area contributed by atoms with E-state index in [0.717, 1.165) is 0 Å². The maximum atomic E-state index is 13.1. The first-order chi connectivity index (χ1) is 15.0. The van der Waals surface area contributed by atoms with Gasteiger partial charge in [0.1, 0.15) is 18.1 Å². The summed E-state index contributed by atoms with van der Waals surface area (Å²) >= 11 is 0. The van der Waals surface area contributed by atoms with E-state index in [1.807, 2.05) is 6.92 Å². The lowest BCUT2D eigenvalue weighted by Crippen LogP contribution is -2.59. The van der Waals surface area contributed by atoms with Crippen molar-refractivity contribution in [1.29, 1.82) is 0 Å². The van der Waals surface area contributed by atoms with Crippen LogP contribution in [0.15, 0.2) is 12.5 Å². The van der Waals surface area contributed by atoms with E-state index in [0.29, 0.717) is 12.1 Å². The van der Waals surface area contributed by atoms with Crippen molar-refractivity contribution < 1.29 is 29.4 Å². The van der Waals surface area contributed by atoms with Gasteiger partial charge in [-0.2, -0.15) is 0 Å². The fraction of sp³-hybridized carbons (Fsp3) is 0.650. The fourth-order valence-electron chi connectivity index (χ4n) is 2.80. The smallest absolute Gasteiger partial charge is 0.328 e. The number of carboxylic acids is 1. The van der Waals surface area contributed by atoms with Crippen molar-refractivity contribution >= 4 is 23.7 Å². The van der Waals surface area contributed by atoms with E-state index < -0.39 is 54.5 Å². The van der Waals surface area contributed by atoms with Crippen molar-refractivity contribution in [3.05, 3.63) is 18.2 Å². The van der Waals surface area contributed by atoms with Crippen molar-refractivity contribution in [2.45, 2.75) is 64.7 Å². The summed E-state index contributed by atoms with van der Waals surface area (Å²) in [5, 5.41) is 25.7. The summed E-state index contributed by atoms with van der Waals surface area (Å²) in [6, 6.07) is -4.47. The van der Waals surface area contributed by atoms with E-state index in [1.165, 1.54) is 12.5 Å². The van der Waals surface area contributed by atoms with Crippen molar-refractivity contribution in [1.82, 2.24) is 25.9 Å². The molecule has 180 valence electrons. The van der Waals surface area contributed by atoms with E-state index in [2.05, 4.69) is 25.9 Å². The summed E-state index contributed by atoms with van der Waals surface area (Å²) in [6.45, 7) is 6.39. The predicted molar refractivity (Wildman–Crippen MR) is 115 cm³/mol. The molecular weight excluding hydrogens is 420 g/mol. The van der Waals surface area contributed by atoms with Crippen LogP contribution >= 0.6 is 0 Å². The molecule has 0 saturated carbocycles. The van der Waals surface area contributed by atoms with Crippen LogP contribution in [0.25, 0.3) is 0 Å². The maximum Gasteiger partial charge on any atom is 0.328 e. The first-order valence-corrected chi connectivity index (χ1v) is 10.5. The zero-order valence-corrected chi connectivity index (χ0v) is 18.8. The van der Waals surface area contributed by atoms with Gasteiger partial charge in [0.2, 0.25) is 17.7 Å². The molecular formula is C20H34N6O6. The van der Waals surface area contributed by atoms with Crippen LogP contribution in [-0.2, 0) is 25.6 Å². The number of aromatic amines is 1. The largest absolute Gasteiger partial charge is 0.480 e.